The summed E-state index contributed by atoms with van der Waals surface area (Å²) in [6.07, 6.45) is 0. The highest BCUT2D eigenvalue weighted by Crippen LogP contribution is 2.28. The summed E-state index contributed by atoms with van der Waals surface area (Å²) < 4.78 is 2.75. The fourth-order valence-corrected chi connectivity index (χ4v) is 2.51. The van der Waals surface area contributed by atoms with Gasteiger partial charge in [-0.15, -0.1) is 0 Å². The van der Waals surface area contributed by atoms with Crippen LogP contribution in [0.25, 0.3) is 0 Å². The average Bonchev–Trinajstić information content (AvgIpc) is 2.22. The number of aromatic nitrogens is 2. The van der Waals surface area contributed by atoms with Gasteiger partial charge in [-0.05, 0) is 57.0 Å². The molecule has 1 N–H and O–H groups in total. The van der Waals surface area contributed by atoms with Crippen LogP contribution in [0.15, 0.2) is 37.8 Å². The van der Waals surface area contributed by atoms with Crippen LogP contribution in [0, 0.1) is 6.92 Å². The fourth-order valence-electron chi connectivity index (χ4n) is 1.33. The van der Waals surface area contributed by atoms with Crippen LogP contribution in [-0.2, 0) is 0 Å². The monoisotopic (exact) mass is 419 g/mol. The van der Waals surface area contributed by atoms with E-state index in [9.17, 15) is 0 Å². The van der Waals surface area contributed by atoms with Gasteiger partial charge in [0, 0.05) is 15.0 Å². The minimum absolute atomic E-state index is 0.716. The van der Waals surface area contributed by atoms with Crippen molar-refractivity contribution >= 4 is 59.3 Å². The summed E-state index contributed by atoms with van der Waals surface area (Å²) in [4.78, 5) is 8.47. The molecule has 2 rings (SSSR count). The van der Waals surface area contributed by atoms with E-state index >= 15 is 0 Å². The predicted octanol–water partition coefficient (Wildman–Crippen LogP) is 4.82. The average molecular weight is 422 g/mol. The van der Waals surface area contributed by atoms with Crippen molar-refractivity contribution in [2.45, 2.75) is 6.92 Å². The van der Waals surface area contributed by atoms with Crippen molar-refractivity contribution in [2.24, 2.45) is 0 Å². The van der Waals surface area contributed by atoms with E-state index in [2.05, 4.69) is 63.1 Å². The number of hydrogen-bond donors (Lipinski definition) is 1. The molecule has 0 unspecified atom stereocenters. The van der Waals surface area contributed by atoms with Crippen molar-refractivity contribution < 1.29 is 0 Å². The van der Waals surface area contributed by atoms with Gasteiger partial charge in [0.1, 0.15) is 16.2 Å². The number of nitrogens with zero attached hydrogens (tertiary/aromatic N) is 2. The molecule has 0 atom stereocenters. The molecule has 0 aliphatic carbocycles. The summed E-state index contributed by atoms with van der Waals surface area (Å²) >= 11 is 10.3. The Labute approximate surface area is 124 Å². The maximum Gasteiger partial charge on any atom is 0.135 e. The molecule has 0 saturated carbocycles. The van der Waals surface area contributed by atoms with E-state index in [-0.39, 0.29) is 0 Å². The Morgan fingerprint density at radius 1 is 1.06 bits per heavy atom. The Hall–Kier alpha value is -0.460. The third kappa shape index (κ3) is 3.50. The first-order valence-electron chi connectivity index (χ1n) is 4.78. The number of benzene rings is 1. The highest BCUT2D eigenvalue weighted by Gasteiger charge is 2.04. The van der Waals surface area contributed by atoms with Crippen molar-refractivity contribution in [1.82, 2.24) is 9.97 Å². The van der Waals surface area contributed by atoms with Gasteiger partial charge in [-0.3, -0.25) is 0 Å². The number of rotatable bonds is 2. The molecular formula is C11H8Br3N3. The molecule has 0 saturated heterocycles. The minimum atomic E-state index is 0.716. The van der Waals surface area contributed by atoms with Gasteiger partial charge in [0.05, 0.1) is 5.69 Å². The van der Waals surface area contributed by atoms with Gasteiger partial charge >= 0.3 is 0 Å². The molecule has 0 fully saturated rings. The van der Waals surface area contributed by atoms with Crippen molar-refractivity contribution in [3.63, 3.8) is 0 Å². The Morgan fingerprint density at radius 3 is 2.53 bits per heavy atom. The topological polar surface area (TPSA) is 37.8 Å². The third-order valence-electron chi connectivity index (χ3n) is 2.00. The van der Waals surface area contributed by atoms with Crippen LogP contribution in [0.2, 0.25) is 0 Å². The van der Waals surface area contributed by atoms with Crippen molar-refractivity contribution in [3.05, 3.63) is 43.6 Å². The number of hydrogen-bond acceptors (Lipinski definition) is 3. The molecule has 2 aromatic rings. The normalized spacial score (nSPS) is 10.4. The van der Waals surface area contributed by atoms with Crippen LogP contribution in [0.5, 0.6) is 0 Å². The van der Waals surface area contributed by atoms with Crippen molar-refractivity contribution in [2.75, 3.05) is 5.32 Å². The van der Waals surface area contributed by atoms with Crippen LogP contribution in [0.4, 0.5) is 11.5 Å². The Morgan fingerprint density at radius 2 is 1.82 bits per heavy atom. The standard InChI is InChI=1S/C11H8Br3N3/c1-6-15-10(14)5-11(16-6)17-9-4-7(12)2-3-8(9)13/h2-5H,1H3,(H,15,16,17). The van der Waals surface area contributed by atoms with Gasteiger partial charge in [-0.25, -0.2) is 9.97 Å². The maximum absolute atomic E-state index is 4.31. The number of nitrogens with one attached hydrogen (secondary N) is 1. The van der Waals surface area contributed by atoms with Gasteiger partial charge in [0.25, 0.3) is 0 Å². The lowest BCUT2D eigenvalue weighted by molar-refractivity contribution is 1.04. The summed E-state index contributed by atoms with van der Waals surface area (Å²) in [6, 6.07) is 7.75. The minimum Gasteiger partial charge on any atom is -0.339 e. The highest BCUT2D eigenvalue weighted by molar-refractivity contribution is 9.11. The molecule has 88 valence electrons. The van der Waals surface area contributed by atoms with Crippen LogP contribution in [0.3, 0.4) is 0 Å². The number of aryl methyl sites for hydroxylation is 1. The lowest BCUT2D eigenvalue weighted by atomic mass is 10.3. The van der Waals surface area contributed by atoms with Crippen molar-refractivity contribution in [3.8, 4) is 0 Å². The molecule has 0 aliphatic rings. The van der Waals surface area contributed by atoms with E-state index in [1.807, 2.05) is 31.2 Å². The summed E-state index contributed by atoms with van der Waals surface area (Å²) in [5.74, 6) is 1.47. The Balaban J connectivity index is 2.34. The largest absolute Gasteiger partial charge is 0.339 e. The van der Waals surface area contributed by atoms with E-state index in [4.69, 9.17) is 0 Å². The first-order valence-corrected chi connectivity index (χ1v) is 7.16. The smallest absolute Gasteiger partial charge is 0.135 e. The lowest BCUT2D eigenvalue weighted by Gasteiger charge is -2.09. The fraction of sp³-hybridized carbons (Fsp3) is 0.0909. The van der Waals surface area contributed by atoms with Crippen LogP contribution < -0.4 is 5.32 Å². The van der Waals surface area contributed by atoms with Gasteiger partial charge in [0.15, 0.2) is 0 Å². The van der Waals surface area contributed by atoms with Crippen LogP contribution in [0.1, 0.15) is 5.82 Å². The zero-order chi connectivity index (χ0) is 12.4. The molecule has 1 aromatic heterocycles. The Bertz CT molecular complexity index is 537. The van der Waals surface area contributed by atoms with E-state index in [1.54, 1.807) is 0 Å². The summed E-state index contributed by atoms with van der Waals surface area (Å²) in [5, 5.41) is 3.24. The van der Waals surface area contributed by atoms with E-state index in [1.165, 1.54) is 0 Å². The predicted molar refractivity (Wildman–Crippen MR) is 79.6 cm³/mol. The van der Waals surface area contributed by atoms with Crippen LogP contribution in [-0.4, -0.2) is 9.97 Å². The molecule has 0 spiro atoms. The molecule has 0 amide bonds. The zero-order valence-corrected chi connectivity index (χ0v) is 13.6. The molecule has 6 heteroatoms. The SMILES string of the molecule is Cc1nc(Br)cc(Nc2cc(Br)ccc2Br)n1. The summed E-state index contributed by atoms with van der Waals surface area (Å²) in [6.45, 7) is 1.85. The summed E-state index contributed by atoms with van der Waals surface area (Å²) in [5.41, 5.74) is 0.948. The van der Waals surface area contributed by atoms with Gasteiger partial charge in [-0.1, -0.05) is 15.9 Å². The number of halogens is 3. The van der Waals surface area contributed by atoms with E-state index in [0.717, 1.165) is 25.1 Å². The summed E-state index contributed by atoms with van der Waals surface area (Å²) in [7, 11) is 0. The molecule has 17 heavy (non-hydrogen) atoms. The van der Waals surface area contributed by atoms with Gasteiger partial charge in [0.2, 0.25) is 0 Å². The molecule has 1 aromatic carbocycles. The molecule has 0 bridgehead atoms. The van der Waals surface area contributed by atoms with E-state index in [0.29, 0.717) is 5.82 Å². The molecule has 1 heterocycles. The first kappa shape index (κ1) is 13.0. The second-order valence-electron chi connectivity index (χ2n) is 3.37. The van der Waals surface area contributed by atoms with Crippen LogP contribution >= 0.6 is 47.8 Å². The second kappa shape index (κ2) is 5.46. The molecule has 0 aliphatic heterocycles. The quantitative estimate of drug-likeness (QED) is 0.707. The maximum atomic E-state index is 4.31. The third-order valence-corrected chi connectivity index (χ3v) is 3.59. The van der Waals surface area contributed by atoms with E-state index < -0.39 is 0 Å². The molecule has 0 radical (unpaired) electrons. The van der Waals surface area contributed by atoms with Crippen molar-refractivity contribution in [1.29, 1.82) is 0 Å². The van der Waals surface area contributed by atoms with Gasteiger partial charge < -0.3 is 5.32 Å². The zero-order valence-electron chi connectivity index (χ0n) is 8.84. The highest BCUT2D eigenvalue weighted by atomic mass is 79.9. The Kier molecular flexibility index (Phi) is 4.17. The first-order chi connectivity index (χ1) is 8.04. The number of anilines is 2. The molecular weight excluding hydrogens is 414 g/mol. The second-order valence-corrected chi connectivity index (χ2v) is 5.95. The molecule has 3 nitrogen and oxygen atoms in total. The lowest BCUT2D eigenvalue weighted by Crippen LogP contribution is -1.98. The van der Waals surface area contributed by atoms with Gasteiger partial charge in [-0.2, -0.15) is 0 Å².